The average Bonchev–Trinajstić information content (AvgIpc) is 2.44. The van der Waals surface area contributed by atoms with Gasteiger partial charge in [-0.1, -0.05) is 0 Å². The topological polar surface area (TPSA) is 98.0 Å². The van der Waals surface area contributed by atoms with Gasteiger partial charge in [0, 0.05) is 22.9 Å². The van der Waals surface area contributed by atoms with Crippen LogP contribution in [0.4, 0.5) is 5.82 Å². The number of hydrazine groups is 1. The molecule has 0 aliphatic rings. The number of aromatic nitrogens is 2. The summed E-state index contributed by atoms with van der Waals surface area (Å²) in [5.41, 5.74) is 3.34. The maximum atomic E-state index is 11.4. The molecule has 0 aliphatic heterocycles. The lowest BCUT2D eigenvalue weighted by atomic mass is 10.4. The Kier molecular flexibility index (Phi) is 4.81. The van der Waals surface area contributed by atoms with Crippen molar-refractivity contribution in [3.05, 3.63) is 41.9 Å². The van der Waals surface area contributed by atoms with E-state index in [1.165, 1.54) is 18.0 Å². The molecule has 0 saturated heterocycles. The fourth-order valence-corrected chi connectivity index (χ4v) is 3.08. The van der Waals surface area contributed by atoms with Crippen LogP contribution in [-0.4, -0.2) is 24.6 Å². The van der Waals surface area contributed by atoms with Crippen LogP contribution in [0.5, 0.6) is 0 Å². The van der Waals surface area contributed by atoms with Crippen molar-refractivity contribution in [2.45, 2.75) is 22.5 Å². The van der Waals surface area contributed by atoms with Gasteiger partial charge in [0.05, 0.1) is 10.6 Å². The van der Waals surface area contributed by atoms with Crippen LogP contribution in [0.15, 0.2) is 40.1 Å². The molecule has 0 spiro atoms. The highest BCUT2D eigenvalue weighted by molar-refractivity contribution is 7.98. The second kappa shape index (κ2) is 6.42. The van der Waals surface area contributed by atoms with Crippen LogP contribution in [0.2, 0.25) is 0 Å². The van der Waals surface area contributed by atoms with Gasteiger partial charge in [-0.05, 0) is 31.2 Å². The van der Waals surface area contributed by atoms with Crippen molar-refractivity contribution in [2.24, 2.45) is 5.84 Å². The van der Waals surface area contributed by atoms with Crippen molar-refractivity contribution in [1.29, 1.82) is 0 Å². The summed E-state index contributed by atoms with van der Waals surface area (Å²) in [6.07, 6.45) is 1.19. The number of benzene rings is 1. The highest BCUT2D eigenvalue weighted by Gasteiger charge is 2.07. The molecule has 8 heteroatoms. The van der Waals surface area contributed by atoms with Crippen molar-refractivity contribution < 1.29 is 8.42 Å². The molecule has 0 radical (unpaired) electrons. The molecule has 0 unspecified atom stereocenters. The summed E-state index contributed by atoms with van der Waals surface area (Å²) in [6.45, 7) is 1.87. The van der Waals surface area contributed by atoms with Crippen LogP contribution in [0, 0.1) is 6.92 Å². The average molecular weight is 324 g/mol. The molecule has 21 heavy (non-hydrogen) atoms. The monoisotopic (exact) mass is 324 g/mol. The number of aryl methyl sites for hydroxylation is 1. The van der Waals surface area contributed by atoms with Gasteiger partial charge in [-0.25, -0.2) is 24.2 Å². The fraction of sp³-hybridized carbons (Fsp3) is 0.231. The molecule has 0 aliphatic carbocycles. The molecule has 0 saturated carbocycles. The summed E-state index contributed by atoms with van der Waals surface area (Å²) in [5, 5.41) is 0. The number of nitrogens with two attached hydrogens (primary N) is 1. The lowest BCUT2D eigenvalue weighted by molar-refractivity contribution is 0.602. The molecule has 2 rings (SSSR count). The van der Waals surface area contributed by atoms with Gasteiger partial charge in [0.15, 0.2) is 9.84 Å². The van der Waals surface area contributed by atoms with Crippen LogP contribution in [0.25, 0.3) is 0 Å². The highest BCUT2D eigenvalue weighted by Crippen LogP contribution is 2.23. The van der Waals surface area contributed by atoms with Gasteiger partial charge in [0.1, 0.15) is 11.6 Å². The zero-order valence-electron chi connectivity index (χ0n) is 11.7. The molecule has 112 valence electrons. The summed E-state index contributed by atoms with van der Waals surface area (Å²) < 4.78 is 22.8. The Balaban J connectivity index is 2.08. The Labute approximate surface area is 128 Å². The predicted molar refractivity (Wildman–Crippen MR) is 83.7 cm³/mol. The number of sulfone groups is 1. The summed E-state index contributed by atoms with van der Waals surface area (Å²) in [6, 6.07) is 8.51. The quantitative estimate of drug-likeness (QED) is 0.491. The van der Waals surface area contributed by atoms with E-state index < -0.39 is 9.84 Å². The number of hydrogen-bond acceptors (Lipinski definition) is 7. The molecular weight excluding hydrogens is 308 g/mol. The Morgan fingerprint density at radius 2 is 1.90 bits per heavy atom. The van der Waals surface area contributed by atoms with Gasteiger partial charge >= 0.3 is 0 Å². The first kappa shape index (κ1) is 15.7. The largest absolute Gasteiger partial charge is 0.308 e. The third kappa shape index (κ3) is 4.42. The third-order valence-corrected chi connectivity index (χ3v) is 4.80. The predicted octanol–water partition coefficient (Wildman–Crippen LogP) is 1.77. The van der Waals surface area contributed by atoms with E-state index in [4.69, 9.17) is 5.84 Å². The van der Waals surface area contributed by atoms with E-state index in [9.17, 15) is 8.42 Å². The lowest BCUT2D eigenvalue weighted by Crippen LogP contribution is -2.10. The van der Waals surface area contributed by atoms with Gasteiger partial charge in [0.2, 0.25) is 0 Å². The second-order valence-corrected chi connectivity index (χ2v) is 7.55. The van der Waals surface area contributed by atoms with Crippen molar-refractivity contribution >= 4 is 27.4 Å². The molecule has 1 heterocycles. The number of rotatable bonds is 5. The Hall–Kier alpha value is -1.64. The van der Waals surface area contributed by atoms with Gasteiger partial charge in [-0.3, -0.25) is 0 Å². The molecule has 0 fully saturated rings. The maximum absolute atomic E-state index is 11.4. The molecule has 1 aromatic heterocycles. The standard InChI is InChI=1S/C13H16N4O2S2/c1-9-7-12(17-14)16-13(15-9)8-20-10-3-5-11(6-4-10)21(2,18)19/h3-7H,8,14H2,1-2H3,(H,15,16,17). The van der Waals surface area contributed by atoms with Crippen molar-refractivity contribution in [3.63, 3.8) is 0 Å². The number of hydrogen-bond donors (Lipinski definition) is 2. The first-order chi connectivity index (χ1) is 9.88. The zero-order chi connectivity index (χ0) is 15.5. The van der Waals surface area contributed by atoms with E-state index in [2.05, 4.69) is 15.4 Å². The third-order valence-electron chi connectivity index (χ3n) is 2.67. The van der Waals surface area contributed by atoms with Crippen molar-refractivity contribution in [1.82, 2.24) is 9.97 Å². The van der Waals surface area contributed by atoms with E-state index >= 15 is 0 Å². The Morgan fingerprint density at radius 1 is 1.24 bits per heavy atom. The molecule has 3 N–H and O–H groups in total. The summed E-state index contributed by atoms with van der Waals surface area (Å²) in [5.74, 6) is 7.17. The molecule has 2 aromatic rings. The van der Waals surface area contributed by atoms with Gasteiger partial charge in [-0.15, -0.1) is 11.8 Å². The van der Waals surface area contributed by atoms with Gasteiger partial charge in [-0.2, -0.15) is 0 Å². The van der Waals surface area contributed by atoms with Crippen molar-refractivity contribution in [2.75, 3.05) is 11.7 Å². The molecule has 0 amide bonds. The van der Waals surface area contributed by atoms with Crippen molar-refractivity contribution in [3.8, 4) is 0 Å². The molecule has 0 atom stereocenters. The smallest absolute Gasteiger partial charge is 0.175 e. The van der Waals surface area contributed by atoms with Crippen LogP contribution < -0.4 is 11.3 Å². The molecule has 6 nitrogen and oxygen atoms in total. The lowest BCUT2D eigenvalue weighted by Gasteiger charge is -2.06. The molecule has 0 bridgehead atoms. The second-order valence-electron chi connectivity index (χ2n) is 4.49. The Morgan fingerprint density at radius 3 is 2.48 bits per heavy atom. The van der Waals surface area contributed by atoms with Gasteiger partial charge < -0.3 is 5.43 Å². The first-order valence-electron chi connectivity index (χ1n) is 6.12. The minimum absolute atomic E-state index is 0.313. The van der Waals surface area contributed by atoms with Crippen LogP contribution >= 0.6 is 11.8 Å². The number of nitrogens with one attached hydrogen (secondary N) is 1. The summed E-state index contributed by atoms with van der Waals surface area (Å²) in [4.78, 5) is 9.86. The highest BCUT2D eigenvalue weighted by atomic mass is 32.2. The minimum Gasteiger partial charge on any atom is -0.308 e. The van der Waals surface area contributed by atoms with Crippen LogP contribution in [0.3, 0.4) is 0 Å². The number of nitrogen functional groups attached to an aromatic ring is 1. The van der Waals surface area contributed by atoms with E-state index in [1.54, 1.807) is 30.3 Å². The SMILES string of the molecule is Cc1cc(NN)nc(CSc2ccc(S(C)(=O)=O)cc2)n1. The summed E-state index contributed by atoms with van der Waals surface area (Å²) >= 11 is 1.53. The zero-order valence-corrected chi connectivity index (χ0v) is 13.3. The van der Waals surface area contributed by atoms with Gasteiger partial charge in [0.25, 0.3) is 0 Å². The number of anilines is 1. The maximum Gasteiger partial charge on any atom is 0.175 e. The molecule has 1 aromatic carbocycles. The molecular formula is C13H16N4O2S2. The van der Waals surface area contributed by atoms with Crippen LogP contribution in [0.1, 0.15) is 11.5 Å². The minimum atomic E-state index is -3.16. The van der Waals surface area contributed by atoms with E-state index in [1.807, 2.05) is 6.92 Å². The van der Waals surface area contributed by atoms with E-state index in [0.717, 1.165) is 10.6 Å². The van der Waals surface area contributed by atoms with E-state index in [0.29, 0.717) is 22.3 Å². The Bertz CT molecular complexity index is 730. The van der Waals surface area contributed by atoms with Crippen LogP contribution in [-0.2, 0) is 15.6 Å². The summed E-state index contributed by atoms with van der Waals surface area (Å²) in [7, 11) is -3.16. The normalized spacial score (nSPS) is 11.4. The fourth-order valence-electron chi connectivity index (χ4n) is 1.70. The number of nitrogens with zero attached hydrogens (tertiary/aromatic N) is 2. The first-order valence-corrected chi connectivity index (χ1v) is 9.00. The number of thioether (sulfide) groups is 1. The van der Waals surface area contributed by atoms with E-state index in [-0.39, 0.29) is 0 Å².